The summed E-state index contributed by atoms with van der Waals surface area (Å²) in [5.41, 5.74) is 2.83. The largest absolute Gasteiger partial charge is 0.497 e. The highest BCUT2D eigenvalue weighted by atomic mass is 16.5. The van der Waals surface area contributed by atoms with Gasteiger partial charge in [0.1, 0.15) is 5.75 Å². The molecular weight excluding hydrogens is 376 g/mol. The highest BCUT2D eigenvalue weighted by Gasteiger charge is 2.45. The molecule has 0 saturated carbocycles. The second-order valence-corrected chi connectivity index (χ2v) is 9.39. The first kappa shape index (κ1) is 19.9. The van der Waals surface area contributed by atoms with Gasteiger partial charge in [-0.25, -0.2) is 0 Å². The molecule has 1 aromatic heterocycles. The van der Waals surface area contributed by atoms with Crippen LogP contribution >= 0.6 is 0 Å². The topological polar surface area (TPSA) is 58.5 Å². The lowest BCUT2D eigenvalue weighted by atomic mass is 9.73. The molecule has 5 rings (SSSR count). The molecule has 3 aliphatic heterocycles. The third-order valence-corrected chi connectivity index (χ3v) is 7.92. The molecule has 4 atom stereocenters. The Bertz CT molecular complexity index is 952. The first-order chi connectivity index (χ1) is 14.6. The lowest BCUT2D eigenvalue weighted by Crippen LogP contribution is -2.65. The van der Waals surface area contributed by atoms with E-state index in [2.05, 4.69) is 20.1 Å². The van der Waals surface area contributed by atoms with Gasteiger partial charge in [0.25, 0.3) is 5.91 Å². The average Bonchev–Trinajstić information content (AvgIpc) is 3.03. The van der Waals surface area contributed by atoms with E-state index in [0.717, 1.165) is 53.5 Å². The van der Waals surface area contributed by atoms with Crippen LogP contribution in [0, 0.1) is 18.8 Å². The lowest BCUT2D eigenvalue weighted by molar-refractivity contribution is -0.0371. The van der Waals surface area contributed by atoms with Gasteiger partial charge in [-0.2, -0.15) is 0 Å². The summed E-state index contributed by atoms with van der Waals surface area (Å²) in [7, 11) is 3.69. The van der Waals surface area contributed by atoms with Crippen molar-refractivity contribution in [2.75, 3.05) is 33.3 Å². The number of fused-ring (bicyclic) bond motifs is 5. The molecule has 6 nitrogen and oxygen atoms in total. The van der Waals surface area contributed by atoms with Crippen molar-refractivity contribution >= 4 is 16.8 Å². The zero-order chi connectivity index (χ0) is 20.8. The molecule has 1 aromatic carbocycles. The Kier molecular flexibility index (Phi) is 5.23. The fourth-order valence-corrected chi connectivity index (χ4v) is 6.30. The zero-order valence-corrected chi connectivity index (χ0v) is 18.4. The quantitative estimate of drug-likeness (QED) is 0.814. The number of hydrogen-bond acceptors (Lipinski definition) is 4. The first-order valence-corrected chi connectivity index (χ1v) is 11.5. The van der Waals surface area contributed by atoms with Crippen molar-refractivity contribution in [2.24, 2.45) is 18.9 Å². The number of hydrogen-bond donors (Lipinski definition) is 2. The number of aryl methyl sites for hydroxylation is 1. The monoisotopic (exact) mass is 410 g/mol. The molecule has 6 heteroatoms. The van der Waals surface area contributed by atoms with Crippen molar-refractivity contribution in [3.05, 3.63) is 29.5 Å². The molecule has 0 spiro atoms. The number of ether oxygens (including phenoxy) is 1. The van der Waals surface area contributed by atoms with Crippen LogP contribution in [-0.4, -0.2) is 60.7 Å². The molecule has 0 unspecified atom stereocenters. The van der Waals surface area contributed by atoms with E-state index in [0.29, 0.717) is 18.0 Å². The number of amides is 1. The lowest BCUT2D eigenvalue weighted by Gasteiger charge is -2.55. The maximum absolute atomic E-state index is 13.4. The fraction of sp³-hybridized carbons (Fsp3) is 0.625. The van der Waals surface area contributed by atoms with Gasteiger partial charge >= 0.3 is 0 Å². The standard InChI is InChI=1S/C24H34N4O2/c1-15-23(19-11-18(30-3)7-8-21(19)27(15)2)24(29)26-14-22-17-10-16(12-25-13-17)20-6-4-5-9-28(20)22/h7-8,11,16-17,20,22,25H,4-6,9-10,12-14H2,1-3H3,(H,26,29)/t16-,17+,20+,22+/m1/s1. The van der Waals surface area contributed by atoms with Crippen LogP contribution < -0.4 is 15.4 Å². The van der Waals surface area contributed by atoms with E-state index >= 15 is 0 Å². The van der Waals surface area contributed by atoms with Crippen LogP contribution in [0.5, 0.6) is 5.75 Å². The van der Waals surface area contributed by atoms with Gasteiger partial charge in [-0.05, 0) is 75.9 Å². The number of nitrogens with zero attached hydrogens (tertiary/aromatic N) is 2. The number of carbonyl (C=O) groups excluding carboxylic acids is 1. The molecule has 4 heterocycles. The summed E-state index contributed by atoms with van der Waals surface area (Å²) < 4.78 is 7.51. The van der Waals surface area contributed by atoms with Crippen LogP contribution in [0.15, 0.2) is 18.2 Å². The average molecular weight is 411 g/mol. The summed E-state index contributed by atoms with van der Waals surface area (Å²) in [6.45, 7) is 6.17. The van der Waals surface area contributed by atoms with Crippen molar-refractivity contribution in [1.29, 1.82) is 0 Å². The number of rotatable bonds is 4. The molecule has 30 heavy (non-hydrogen) atoms. The fourth-order valence-electron chi connectivity index (χ4n) is 6.30. The van der Waals surface area contributed by atoms with Gasteiger partial charge in [0.15, 0.2) is 0 Å². The van der Waals surface area contributed by atoms with Crippen LogP contribution in [0.25, 0.3) is 10.9 Å². The first-order valence-electron chi connectivity index (χ1n) is 11.5. The Morgan fingerprint density at radius 2 is 2.10 bits per heavy atom. The van der Waals surface area contributed by atoms with Gasteiger partial charge in [0.2, 0.25) is 0 Å². The Hall–Kier alpha value is -2.05. The molecule has 0 aliphatic carbocycles. The molecular formula is C24H34N4O2. The molecule has 1 amide bonds. The maximum Gasteiger partial charge on any atom is 0.253 e. The third-order valence-electron chi connectivity index (χ3n) is 7.92. The number of carbonyl (C=O) groups is 1. The van der Waals surface area contributed by atoms with E-state index in [1.807, 2.05) is 32.2 Å². The number of benzene rings is 1. The Morgan fingerprint density at radius 1 is 1.27 bits per heavy atom. The normalized spacial score (nSPS) is 28.9. The maximum atomic E-state index is 13.4. The van der Waals surface area contributed by atoms with Crippen LogP contribution in [0.1, 0.15) is 41.7 Å². The van der Waals surface area contributed by atoms with Crippen LogP contribution in [0.4, 0.5) is 0 Å². The summed E-state index contributed by atoms with van der Waals surface area (Å²) in [6, 6.07) is 7.09. The van der Waals surface area contributed by atoms with E-state index in [-0.39, 0.29) is 5.91 Å². The van der Waals surface area contributed by atoms with Crippen molar-refractivity contribution < 1.29 is 9.53 Å². The van der Waals surface area contributed by atoms with E-state index in [1.165, 1.54) is 32.2 Å². The van der Waals surface area contributed by atoms with E-state index in [9.17, 15) is 4.79 Å². The van der Waals surface area contributed by atoms with E-state index < -0.39 is 0 Å². The molecule has 3 aliphatic rings. The Morgan fingerprint density at radius 3 is 2.93 bits per heavy atom. The Balaban J connectivity index is 1.39. The van der Waals surface area contributed by atoms with Gasteiger partial charge in [0.05, 0.1) is 12.7 Å². The smallest absolute Gasteiger partial charge is 0.253 e. The predicted octanol–water partition coefficient (Wildman–Crippen LogP) is 2.69. The minimum absolute atomic E-state index is 0.0332. The summed E-state index contributed by atoms with van der Waals surface area (Å²) >= 11 is 0. The molecule has 2 bridgehead atoms. The minimum Gasteiger partial charge on any atom is -0.497 e. The van der Waals surface area contributed by atoms with Crippen molar-refractivity contribution in [1.82, 2.24) is 20.1 Å². The van der Waals surface area contributed by atoms with Crippen LogP contribution in [0.3, 0.4) is 0 Å². The molecule has 0 radical (unpaired) electrons. The van der Waals surface area contributed by atoms with Gasteiger partial charge < -0.3 is 19.9 Å². The minimum atomic E-state index is 0.0332. The van der Waals surface area contributed by atoms with Crippen molar-refractivity contribution in [3.63, 3.8) is 0 Å². The predicted molar refractivity (Wildman–Crippen MR) is 119 cm³/mol. The second-order valence-electron chi connectivity index (χ2n) is 9.39. The number of nitrogens with one attached hydrogen (secondary N) is 2. The van der Waals surface area contributed by atoms with Gasteiger partial charge in [0, 0.05) is 42.3 Å². The molecule has 2 aromatic rings. The third kappa shape index (κ3) is 3.21. The molecule has 2 N–H and O–H groups in total. The van der Waals surface area contributed by atoms with E-state index in [4.69, 9.17) is 4.74 Å². The zero-order valence-electron chi connectivity index (χ0n) is 18.4. The van der Waals surface area contributed by atoms with Gasteiger partial charge in [-0.1, -0.05) is 6.42 Å². The van der Waals surface area contributed by atoms with Crippen LogP contribution in [0.2, 0.25) is 0 Å². The SMILES string of the molecule is COc1ccc2c(c1)c(C(=O)NC[C@H]1[C@@H]3CNC[C@@H](C3)[C@@H]3CCCCN31)c(C)n2C. The molecule has 162 valence electrons. The summed E-state index contributed by atoms with van der Waals surface area (Å²) in [5, 5.41) is 7.95. The summed E-state index contributed by atoms with van der Waals surface area (Å²) in [4.78, 5) is 16.1. The summed E-state index contributed by atoms with van der Waals surface area (Å²) in [5.74, 6) is 2.23. The molecule has 3 saturated heterocycles. The van der Waals surface area contributed by atoms with Gasteiger partial charge in [-0.15, -0.1) is 0 Å². The highest BCUT2D eigenvalue weighted by molar-refractivity contribution is 6.08. The Labute approximate surface area is 178 Å². The van der Waals surface area contributed by atoms with Crippen LogP contribution in [-0.2, 0) is 7.05 Å². The van der Waals surface area contributed by atoms with Crippen molar-refractivity contribution in [3.8, 4) is 5.75 Å². The number of methoxy groups -OCH3 is 1. The van der Waals surface area contributed by atoms with Gasteiger partial charge in [-0.3, -0.25) is 9.69 Å². The van der Waals surface area contributed by atoms with Crippen molar-refractivity contribution in [2.45, 2.75) is 44.7 Å². The highest BCUT2D eigenvalue weighted by Crippen LogP contribution is 2.39. The molecule has 3 fully saturated rings. The number of aromatic nitrogens is 1. The second kappa shape index (κ2) is 7.89. The summed E-state index contributed by atoms with van der Waals surface area (Å²) in [6.07, 6.45) is 5.25. The van der Waals surface area contributed by atoms with E-state index in [1.54, 1.807) is 7.11 Å². The number of piperidine rings is 3.